The van der Waals surface area contributed by atoms with E-state index in [0.29, 0.717) is 18.5 Å². The summed E-state index contributed by atoms with van der Waals surface area (Å²) in [6.07, 6.45) is 1.26. The molecular formula is C17H17NO4. The van der Waals surface area contributed by atoms with Gasteiger partial charge in [0.05, 0.1) is 23.1 Å². The molecule has 3 rings (SSSR count). The Labute approximate surface area is 128 Å². The molecule has 2 aliphatic rings. The van der Waals surface area contributed by atoms with Gasteiger partial charge >= 0.3 is 5.97 Å². The Morgan fingerprint density at radius 3 is 1.86 bits per heavy atom. The fourth-order valence-corrected chi connectivity index (χ4v) is 3.26. The van der Waals surface area contributed by atoms with Gasteiger partial charge in [0.25, 0.3) is 0 Å². The second kappa shape index (κ2) is 5.09. The van der Waals surface area contributed by atoms with Crippen molar-refractivity contribution in [3.63, 3.8) is 0 Å². The molecule has 0 saturated carbocycles. The molecule has 22 heavy (non-hydrogen) atoms. The maximum absolute atomic E-state index is 12.6. The fourth-order valence-electron chi connectivity index (χ4n) is 3.26. The van der Waals surface area contributed by atoms with Crippen molar-refractivity contribution >= 4 is 23.5 Å². The lowest BCUT2D eigenvalue weighted by molar-refractivity contribution is -0.122. The molecule has 2 amide bonds. The largest absolute Gasteiger partial charge is 0.478 e. The van der Waals surface area contributed by atoms with Crippen molar-refractivity contribution in [3.8, 4) is 0 Å². The molecule has 1 aliphatic heterocycles. The lowest BCUT2D eigenvalue weighted by Gasteiger charge is -2.23. The first-order valence-electron chi connectivity index (χ1n) is 7.26. The molecular weight excluding hydrogens is 282 g/mol. The number of carbonyl (C=O) groups excluding carboxylic acids is 2. The number of hydrogen-bond donors (Lipinski definition) is 1. The number of rotatable bonds is 2. The van der Waals surface area contributed by atoms with E-state index in [4.69, 9.17) is 5.11 Å². The topological polar surface area (TPSA) is 74.7 Å². The van der Waals surface area contributed by atoms with Gasteiger partial charge in [0.15, 0.2) is 0 Å². The number of benzene rings is 1. The minimum absolute atomic E-state index is 0.133. The number of anilines is 1. The van der Waals surface area contributed by atoms with Crippen LogP contribution in [0.15, 0.2) is 35.4 Å². The van der Waals surface area contributed by atoms with Crippen molar-refractivity contribution in [1.82, 2.24) is 0 Å². The Morgan fingerprint density at radius 2 is 1.45 bits per heavy atom. The summed E-state index contributed by atoms with van der Waals surface area (Å²) in [6, 6.07) is 5.86. The number of carboxylic acid groups (broad SMARTS) is 1. The van der Waals surface area contributed by atoms with Crippen molar-refractivity contribution in [2.24, 2.45) is 11.8 Å². The molecule has 5 heteroatoms. The van der Waals surface area contributed by atoms with Gasteiger partial charge in [-0.05, 0) is 51.0 Å². The standard InChI is InChI=1S/C17H17NO4/c1-9-7-13-14(8-10(9)2)16(20)18(15(13)19)12-5-3-11(4-6-12)17(21)22/h3-6,13-14H,7-8H2,1-2H3,(H,21,22)/t13-,14+. The number of hydrogen-bond acceptors (Lipinski definition) is 3. The second-order valence-electron chi connectivity index (χ2n) is 6.05. The van der Waals surface area contributed by atoms with E-state index in [0.717, 1.165) is 0 Å². The number of aromatic carboxylic acids is 1. The van der Waals surface area contributed by atoms with Gasteiger partial charge in [0, 0.05) is 0 Å². The third-order valence-electron chi connectivity index (χ3n) is 4.71. The molecule has 0 spiro atoms. The average Bonchev–Trinajstić information content (AvgIpc) is 2.72. The monoisotopic (exact) mass is 299 g/mol. The molecule has 2 atom stereocenters. The molecule has 0 radical (unpaired) electrons. The van der Waals surface area contributed by atoms with E-state index >= 15 is 0 Å². The minimum atomic E-state index is -1.03. The third-order valence-corrected chi connectivity index (χ3v) is 4.71. The summed E-state index contributed by atoms with van der Waals surface area (Å²) in [4.78, 5) is 37.3. The molecule has 0 bridgehead atoms. The molecule has 5 nitrogen and oxygen atoms in total. The summed E-state index contributed by atoms with van der Waals surface area (Å²) in [7, 11) is 0. The van der Waals surface area contributed by atoms with Gasteiger partial charge in [-0.2, -0.15) is 0 Å². The zero-order valence-electron chi connectivity index (χ0n) is 12.5. The highest BCUT2D eigenvalue weighted by molar-refractivity contribution is 6.22. The first kappa shape index (κ1) is 14.5. The minimum Gasteiger partial charge on any atom is -0.478 e. The van der Waals surface area contributed by atoms with Crippen LogP contribution in [0, 0.1) is 11.8 Å². The van der Waals surface area contributed by atoms with E-state index < -0.39 is 5.97 Å². The molecule has 1 aliphatic carbocycles. The lowest BCUT2D eigenvalue weighted by Crippen LogP contribution is -2.30. The Bertz CT molecular complexity index is 670. The fraction of sp³-hybridized carbons (Fsp3) is 0.353. The first-order chi connectivity index (χ1) is 10.4. The number of imide groups is 1. The number of amides is 2. The molecule has 0 unspecified atom stereocenters. The van der Waals surface area contributed by atoms with E-state index in [1.807, 2.05) is 13.8 Å². The Kier molecular flexibility index (Phi) is 3.35. The van der Waals surface area contributed by atoms with E-state index in [1.54, 1.807) is 0 Å². The van der Waals surface area contributed by atoms with Crippen LogP contribution in [-0.4, -0.2) is 22.9 Å². The first-order valence-corrected chi connectivity index (χ1v) is 7.26. The third kappa shape index (κ3) is 2.13. The average molecular weight is 299 g/mol. The van der Waals surface area contributed by atoms with Crippen LogP contribution in [0.25, 0.3) is 0 Å². The van der Waals surface area contributed by atoms with Crippen LogP contribution in [0.2, 0.25) is 0 Å². The second-order valence-corrected chi connectivity index (χ2v) is 6.05. The Balaban J connectivity index is 1.92. The maximum atomic E-state index is 12.6. The molecule has 1 heterocycles. The molecule has 1 aromatic carbocycles. The number of nitrogens with zero attached hydrogens (tertiary/aromatic N) is 1. The summed E-state index contributed by atoms with van der Waals surface area (Å²) in [5.74, 6) is -1.95. The number of carbonyl (C=O) groups is 3. The van der Waals surface area contributed by atoms with Gasteiger partial charge in [-0.25, -0.2) is 4.79 Å². The van der Waals surface area contributed by atoms with Gasteiger partial charge in [-0.15, -0.1) is 0 Å². The van der Waals surface area contributed by atoms with Crippen LogP contribution in [0.1, 0.15) is 37.0 Å². The van der Waals surface area contributed by atoms with Crippen LogP contribution in [0.5, 0.6) is 0 Å². The summed E-state index contributed by atoms with van der Waals surface area (Å²) < 4.78 is 0. The SMILES string of the molecule is CC1=C(C)C[C@H]2C(=O)N(c3ccc(C(=O)O)cc3)C(=O)[C@H]2C1. The van der Waals surface area contributed by atoms with Crippen LogP contribution >= 0.6 is 0 Å². The van der Waals surface area contributed by atoms with Crippen LogP contribution in [0.4, 0.5) is 5.69 Å². The van der Waals surface area contributed by atoms with Gasteiger partial charge in [-0.3, -0.25) is 14.5 Å². The highest BCUT2D eigenvalue weighted by atomic mass is 16.4. The van der Waals surface area contributed by atoms with Gasteiger partial charge in [0.1, 0.15) is 0 Å². The van der Waals surface area contributed by atoms with Gasteiger partial charge < -0.3 is 5.11 Å². The Morgan fingerprint density at radius 1 is 1.00 bits per heavy atom. The number of carboxylic acids is 1. The van der Waals surface area contributed by atoms with Crippen molar-refractivity contribution in [3.05, 3.63) is 41.0 Å². The predicted octanol–water partition coefficient (Wildman–Crippen LogP) is 2.62. The van der Waals surface area contributed by atoms with E-state index in [9.17, 15) is 14.4 Å². The Hall–Kier alpha value is -2.43. The van der Waals surface area contributed by atoms with E-state index in [2.05, 4.69) is 0 Å². The smallest absolute Gasteiger partial charge is 0.335 e. The van der Waals surface area contributed by atoms with E-state index in [1.165, 1.54) is 40.3 Å². The van der Waals surface area contributed by atoms with Gasteiger partial charge in [0.2, 0.25) is 11.8 Å². The van der Waals surface area contributed by atoms with Crippen molar-refractivity contribution in [2.75, 3.05) is 4.90 Å². The molecule has 1 N–H and O–H groups in total. The zero-order chi connectivity index (χ0) is 16.0. The van der Waals surface area contributed by atoms with Gasteiger partial charge in [-0.1, -0.05) is 11.1 Å². The summed E-state index contributed by atoms with van der Waals surface area (Å²) in [5.41, 5.74) is 2.95. The molecule has 1 aromatic rings. The maximum Gasteiger partial charge on any atom is 0.335 e. The summed E-state index contributed by atoms with van der Waals surface area (Å²) in [6.45, 7) is 4.02. The highest BCUT2D eigenvalue weighted by Gasteiger charge is 2.49. The normalized spacial score (nSPS) is 24.7. The van der Waals surface area contributed by atoms with Crippen molar-refractivity contribution < 1.29 is 19.5 Å². The summed E-state index contributed by atoms with van der Waals surface area (Å²) >= 11 is 0. The zero-order valence-corrected chi connectivity index (χ0v) is 12.5. The van der Waals surface area contributed by atoms with Crippen LogP contribution < -0.4 is 4.90 Å². The molecule has 1 saturated heterocycles. The highest BCUT2D eigenvalue weighted by Crippen LogP contribution is 2.42. The van der Waals surface area contributed by atoms with Crippen LogP contribution in [0.3, 0.4) is 0 Å². The number of fused-ring (bicyclic) bond motifs is 1. The quantitative estimate of drug-likeness (QED) is 0.673. The number of allylic oxidation sites excluding steroid dienone is 2. The van der Waals surface area contributed by atoms with Crippen molar-refractivity contribution in [2.45, 2.75) is 26.7 Å². The molecule has 0 aromatic heterocycles. The predicted molar refractivity (Wildman–Crippen MR) is 80.5 cm³/mol. The molecule has 1 fully saturated rings. The summed E-state index contributed by atoms with van der Waals surface area (Å²) in [5, 5.41) is 8.92. The van der Waals surface area contributed by atoms with Crippen molar-refractivity contribution in [1.29, 1.82) is 0 Å². The lowest BCUT2D eigenvalue weighted by atomic mass is 9.78. The van der Waals surface area contributed by atoms with E-state index in [-0.39, 0.29) is 29.2 Å². The van der Waals surface area contributed by atoms with Crippen LogP contribution in [-0.2, 0) is 9.59 Å². The molecule has 114 valence electrons.